The summed E-state index contributed by atoms with van der Waals surface area (Å²) >= 11 is 0. The first-order chi connectivity index (χ1) is 9.42. The molecule has 0 spiro atoms. The molecule has 0 bridgehead atoms. The summed E-state index contributed by atoms with van der Waals surface area (Å²) < 4.78 is 11.7. The maximum Gasteiger partial charge on any atom is 0.120 e. The van der Waals surface area contributed by atoms with E-state index in [1.165, 1.54) is 5.56 Å². The predicted octanol–water partition coefficient (Wildman–Crippen LogP) is 4.75. The quantitative estimate of drug-likeness (QED) is 0.798. The summed E-state index contributed by atoms with van der Waals surface area (Å²) in [5.41, 5.74) is 2.11. The van der Waals surface area contributed by atoms with Gasteiger partial charge in [0.25, 0.3) is 0 Å². The smallest absolute Gasteiger partial charge is 0.120 e. The van der Waals surface area contributed by atoms with Crippen molar-refractivity contribution < 1.29 is 9.47 Å². The minimum absolute atomic E-state index is 0.189. The number of hydrogen-bond donors (Lipinski definition) is 0. The standard InChI is InChI=1S/C18H22O2/c1-14-10-15(12-17(11-14)20-18(2,3)4)13-19-16-8-6-5-7-9-16/h5-12H,13H2,1-4H3. The Morgan fingerprint density at radius 3 is 2.25 bits per heavy atom. The van der Waals surface area contributed by atoms with Crippen molar-refractivity contribution in [2.24, 2.45) is 0 Å². The van der Waals surface area contributed by atoms with Crippen LogP contribution in [-0.2, 0) is 6.61 Å². The van der Waals surface area contributed by atoms with Crippen LogP contribution in [0.25, 0.3) is 0 Å². The highest BCUT2D eigenvalue weighted by Crippen LogP contribution is 2.22. The van der Waals surface area contributed by atoms with Crippen molar-refractivity contribution >= 4 is 0 Å². The average molecular weight is 270 g/mol. The van der Waals surface area contributed by atoms with Gasteiger partial charge in [-0.1, -0.05) is 24.3 Å². The maximum absolute atomic E-state index is 5.92. The largest absolute Gasteiger partial charge is 0.489 e. The van der Waals surface area contributed by atoms with Gasteiger partial charge < -0.3 is 9.47 Å². The fourth-order valence-corrected chi connectivity index (χ4v) is 2.00. The summed E-state index contributed by atoms with van der Waals surface area (Å²) in [4.78, 5) is 0. The molecule has 0 radical (unpaired) electrons. The van der Waals surface area contributed by atoms with Gasteiger partial charge in [-0.05, 0) is 63.1 Å². The molecule has 0 aliphatic rings. The molecule has 2 aromatic rings. The Morgan fingerprint density at radius 2 is 1.60 bits per heavy atom. The van der Waals surface area contributed by atoms with E-state index < -0.39 is 0 Å². The second-order valence-electron chi connectivity index (χ2n) is 5.97. The van der Waals surface area contributed by atoms with Crippen molar-refractivity contribution in [1.29, 1.82) is 0 Å². The zero-order chi connectivity index (χ0) is 14.6. The molecule has 0 amide bonds. The minimum atomic E-state index is -0.189. The molecule has 0 saturated heterocycles. The molecular weight excluding hydrogens is 248 g/mol. The first kappa shape index (κ1) is 14.4. The Morgan fingerprint density at radius 1 is 0.900 bits per heavy atom. The van der Waals surface area contributed by atoms with Gasteiger partial charge in [0.15, 0.2) is 0 Å². The lowest BCUT2D eigenvalue weighted by molar-refractivity contribution is 0.130. The Kier molecular flexibility index (Phi) is 4.33. The highest BCUT2D eigenvalue weighted by molar-refractivity contribution is 5.34. The average Bonchev–Trinajstić information content (AvgIpc) is 2.35. The van der Waals surface area contributed by atoms with E-state index in [9.17, 15) is 0 Å². The number of ether oxygens (including phenoxy) is 2. The Bertz CT molecular complexity index is 553. The molecule has 0 aliphatic carbocycles. The van der Waals surface area contributed by atoms with Gasteiger partial charge in [-0.25, -0.2) is 0 Å². The maximum atomic E-state index is 5.92. The zero-order valence-corrected chi connectivity index (χ0v) is 12.6. The topological polar surface area (TPSA) is 18.5 Å². The molecule has 0 N–H and O–H groups in total. The van der Waals surface area contributed by atoms with Crippen LogP contribution in [0.15, 0.2) is 48.5 Å². The van der Waals surface area contributed by atoms with Crippen LogP contribution in [0.2, 0.25) is 0 Å². The molecule has 2 rings (SSSR count). The second-order valence-corrected chi connectivity index (χ2v) is 5.97. The molecule has 0 atom stereocenters. The monoisotopic (exact) mass is 270 g/mol. The van der Waals surface area contributed by atoms with Crippen molar-refractivity contribution in [2.75, 3.05) is 0 Å². The molecule has 2 aromatic carbocycles. The van der Waals surface area contributed by atoms with E-state index in [4.69, 9.17) is 9.47 Å². The van der Waals surface area contributed by atoms with Crippen LogP contribution < -0.4 is 9.47 Å². The molecule has 2 nitrogen and oxygen atoms in total. The lowest BCUT2D eigenvalue weighted by Gasteiger charge is -2.22. The molecule has 0 saturated carbocycles. The van der Waals surface area contributed by atoms with Gasteiger partial charge in [0.2, 0.25) is 0 Å². The fraction of sp³-hybridized carbons (Fsp3) is 0.333. The van der Waals surface area contributed by atoms with E-state index in [1.807, 2.05) is 36.4 Å². The first-order valence-electron chi connectivity index (χ1n) is 6.90. The van der Waals surface area contributed by atoms with Crippen LogP contribution >= 0.6 is 0 Å². The molecule has 2 heteroatoms. The molecule has 106 valence electrons. The Labute approximate surface area is 121 Å². The fourth-order valence-electron chi connectivity index (χ4n) is 2.00. The molecular formula is C18H22O2. The predicted molar refractivity (Wildman–Crippen MR) is 82.3 cm³/mol. The normalized spacial score (nSPS) is 11.2. The zero-order valence-electron chi connectivity index (χ0n) is 12.6. The lowest BCUT2D eigenvalue weighted by Crippen LogP contribution is -2.23. The summed E-state index contributed by atoms with van der Waals surface area (Å²) in [7, 11) is 0. The van der Waals surface area contributed by atoms with E-state index in [2.05, 4.69) is 39.8 Å². The van der Waals surface area contributed by atoms with E-state index in [0.717, 1.165) is 17.1 Å². The summed E-state index contributed by atoms with van der Waals surface area (Å²) in [6, 6.07) is 16.1. The van der Waals surface area contributed by atoms with Crippen molar-refractivity contribution in [2.45, 2.75) is 39.9 Å². The molecule has 0 heterocycles. The van der Waals surface area contributed by atoms with E-state index in [1.54, 1.807) is 0 Å². The van der Waals surface area contributed by atoms with Crippen molar-refractivity contribution in [3.05, 3.63) is 59.7 Å². The SMILES string of the molecule is Cc1cc(COc2ccccc2)cc(OC(C)(C)C)c1. The van der Waals surface area contributed by atoms with Gasteiger partial charge in [-0.3, -0.25) is 0 Å². The van der Waals surface area contributed by atoms with E-state index in [0.29, 0.717) is 6.61 Å². The molecule has 0 fully saturated rings. The van der Waals surface area contributed by atoms with Crippen molar-refractivity contribution in [1.82, 2.24) is 0 Å². The van der Waals surface area contributed by atoms with Crippen LogP contribution in [0.3, 0.4) is 0 Å². The molecule has 20 heavy (non-hydrogen) atoms. The summed E-state index contributed by atoms with van der Waals surface area (Å²) in [6.45, 7) is 8.77. The molecule has 0 aliphatic heterocycles. The van der Waals surface area contributed by atoms with Crippen LogP contribution in [-0.4, -0.2) is 5.60 Å². The number of rotatable bonds is 4. The minimum Gasteiger partial charge on any atom is -0.489 e. The third-order valence-electron chi connectivity index (χ3n) is 2.68. The lowest BCUT2D eigenvalue weighted by atomic mass is 10.1. The summed E-state index contributed by atoms with van der Waals surface area (Å²) in [6.07, 6.45) is 0. The van der Waals surface area contributed by atoms with Gasteiger partial charge in [-0.15, -0.1) is 0 Å². The van der Waals surface area contributed by atoms with Crippen LogP contribution in [0.5, 0.6) is 11.5 Å². The number of benzene rings is 2. The molecule has 0 unspecified atom stereocenters. The number of hydrogen-bond acceptors (Lipinski definition) is 2. The van der Waals surface area contributed by atoms with Crippen molar-refractivity contribution in [3.63, 3.8) is 0 Å². The number of para-hydroxylation sites is 1. The Balaban J connectivity index is 2.08. The van der Waals surface area contributed by atoms with Crippen LogP contribution in [0.4, 0.5) is 0 Å². The van der Waals surface area contributed by atoms with E-state index in [-0.39, 0.29) is 5.60 Å². The first-order valence-corrected chi connectivity index (χ1v) is 6.90. The third kappa shape index (κ3) is 4.61. The van der Waals surface area contributed by atoms with Gasteiger partial charge in [0, 0.05) is 0 Å². The van der Waals surface area contributed by atoms with Gasteiger partial charge >= 0.3 is 0 Å². The third-order valence-corrected chi connectivity index (χ3v) is 2.68. The number of aryl methyl sites for hydroxylation is 1. The highest BCUT2D eigenvalue weighted by atomic mass is 16.5. The Hall–Kier alpha value is -1.96. The van der Waals surface area contributed by atoms with Gasteiger partial charge in [-0.2, -0.15) is 0 Å². The van der Waals surface area contributed by atoms with Crippen LogP contribution in [0, 0.1) is 6.92 Å². The summed E-state index contributed by atoms with van der Waals surface area (Å²) in [5.74, 6) is 1.77. The van der Waals surface area contributed by atoms with Crippen LogP contribution in [0.1, 0.15) is 31.9 Å². The summed E-state index contributed by atoms with van der Waals surface area (Å²) in [5, 5.41) is 0. The van der Waals surface area contributed by atoms with Gasteiger partial charge in [0.1, 0.15) is 23.7 Å². The van der Waals surface area contributed by atoms with E-state index >= 15 is 0 Å². The molecule has 0 aromatic heterocycles. The highest BCUT2D eigenvalue weighted by Gasteiger charge is 2.12. The second kappa shape index (κ2) is 6.00. The van der Waals surface area contributed by atoms with Gasteiger partial charge in [0.05, 0.1) is 0 Å². The van der Waals surface area contributed by atoms with Crippen molar-refractivity contribution in [3.8, 4) is 11.5 Å².